The smallest absolute Gasteiger partial charge is 0.309 e. The van der Waals surface area contributed by atoms with Crippen LogP contribution in [0.15, 0.2) is 6.07 Å². The molecule has 1 heterocycles. The Hall–Kier alpha value is -0.790. The number of carbonyl (C=O) groups is 1. The van der Waals surface area contributed by atoms with Gasteiger partial charge in [0.15, 0.2) is 0 Å². The second kappa shape index (κ2) is 4.82. The average Bonchev–Trinajstić information content (AvgIpc) is 2.09. The number of hydrogen-bond donors (Lipinski definition) is 1. The summed E-state index contributed by atoms with van der Waals surface area (Å²) in [5.74, 6) is -1.16. The van der Waals surface area contributed by atoms with Gasteiger partial charge in [0.1, 0.15) is 3.70 Å². The molecule has 0 amide bonds. The topological polar surface area (TPSA) is 50.2 Å². The number of hydrogen-bond acceptors (Lipinski definition) is 2. The zero-order valence-corrected chi connectivity index (χ0v) is 9.96. The monoisotopic (exact) mass is 327 g/mol. The Balaban J connectivity index is 3.21. The summed E-state index contributed by atoms with van der Waals surface area (Å²) in [6.07, 6.45) is -3.17. The number of aryl methyl sites for hydroxylation is 1. The Kier molecular flexibility index (Phi) is 3.95. The summed E-state index contributed by atoms with van der Waals surface area (Å²) in [5, 5.41) is 8.55. The Labute approximate surface area is 98.7 Å². The molecule has 82 valence electrons. The van der Waals surface area contributed by atoms with E-state index in [0.29, 0.717) is 9.26 Å². The van der Waals surface area contributed by atoms with E-state index in [1.54, 1.807) is 6.92 Å². The molecule has 0 bridgehead atoms. The molecule has 0 unspecified atom stereocenters. The highest BCUT2D eigenvalue weighted by atomic mass is 127. The first-order chi connectivity index (χ1) is 6.91. The van der Waals surface area contributed by atoms with Gasteiger partial charge >= 0.3 is 5.97 Å². The van der Waals surface area contributed by atoms with Crippen LogP contribution in [0.2, 0.25) is 0 Å². The maximum absolute atomic E-state index is 12.6. The molecule has 0 saturated carbocycles. The third-order valence-electron chi connectivity index (χ3n) is 1.82. The SMILES string of the molecule is Cc1cc(C(F)F)c(CC(=O)O)nc1I. The molecule has 0 radical (unpaired) electrons. The number of alkyl halides is 2. The van der Waals surface area contributed by atoms with E-state index in [9.17, 15) is 13.6 Å². The molecule has 0 aromatic carbocycles. The lowest BCUT2D eigenvalue weighted by Gasteiger charge is -2.08. The number of pyridine rings is 1. The highest BCUT2D eigenvalue weighted by molar-refractivity contribution is 14.1. The highest BCUT2D eigenvalue weighted by Crippen LogP contribution is 2.25. The Morgan fingerprint density at radius 1 is 1.67 bits per heavy atom. The summed E-state index contributed by atoms with van der Waals surface area (Å²) in [4.78, 5) is 14.3. The predicted octanol–water partition coefficient (Wildman–Crippen LogP) is 2.56. The first kappa shape index (κ1) is 12.3. The molecule has 3 nitrogen and oxygen atoms in total. The maximum atomic E-state index is 12.6. The van der Waals surface area contributed by atoms with Crippen LogP contribution in [0.3, 0.4) is 0 Å². The van der Waals surface area contributed by atoms with Crippen LogP contribution in [0.4, 0.5) is 8.78 Å². The number of aliphatic carboxylic acids is 1. The molecule has 0 fully saturated rings. The molecule has 15 heavy (non-hydrogen) atoms. The van der Waals surface area contributed by atoms with Gasteiger partial charge in [-0.1, -0.05) is 0 Å². The molecule has 0 aliphatic carbocycles. The van der Waals surface area contributed by atoms with Crippen molar-refractivity contribution in [2.45, 2.75) is 19.8 Å². The average molecular weight is 327 g/mol. The Morgan fingerprint density at radius 3 is 2.73 bits per heavy atom. The standard InChI is InChI=1S/C9H8F2INO2/c1-4-2-5(8(10)11)6(3-7(14)15)13-9(4)12/h2,8H,3H2,1H3,(H,14,15). The molecule has 1 aromatic heterocycles. The first-order valence-electron chi connectivity index (χ1n) is 4.07. The third-order valence-corrected chi connectivity index (χ3v) is 2.91. The third kappa shape index (κ3) is 3.08. The molecule has 0 spiro atoms. The van der Waals surface area contributed by atoms with Crippen LogP contribution in [-0.2, 0) is 11.2 Å². The number of aromatic nitrogens is 1. The van der Waals surface area contributed by atoms with E-state index in [2.05, 4.69) is 4.98 Å². The lowest BCUT2D eigenvalue weighted by atomic mass is 10.1. The number of carboxylic acids is 1. The second-order valence-corrected chi connectivity index (χ2v) is 4.03. The minimum absolute atomic E-state index is 0.0625. The van der Waals surface area contributed by atoms with Crippen LogP contribution in [0.25, 0.3) is 0 Å². The molecule has 0 aliphatic heterocycles. The van der Waals surface area contributed by atoms with Crippen LogP contribution in [0.5, 0.6) is 0 Å². The fourth-order valence-electron chi connectivity index (χ4n) is 1.12. The van der Waals surface area contributed by atoms with Gasteiger partial charge in [-0.2, -0.15) is 0 Å². The fourth-order valence-corrected chi connectivity index (χ4v) is 1.57. The van der Waals surface area contributed by atoms with Crippen LogP contribution < -0.4 is 0 Å². The van der Waals surface area contributed by atoms with Gasteiger partial charge < -0.3 is 5.11 Å². The largest absolute Gasteiger partial charge is 0.481 e. The van der Waals surface area contributed by atoms with Crippen molar-refractivity contribution < 1.29 is 18.7 Å². The van der Waals surface area contributed by atoms with Crippen molar-refractivity contribution >= 4 is 28.6 Å². The van der Waals surface area contributed by atoms with Gasteiger partial charge in [-0.15, -0.1) is 0 Å². The van der Waals surface area contributed by atoms with Crippen molar-refractivity contribution in [1.29, 1.82) is 0 Å². The lowest BCUT2D eigenvalue weighted by molar-refractivity contribution is -0.136. The van der Waals surface area contributed by atoms with Crippen molar-refractivity contribution in [2.75, 3.05) is 0 Å². The van der Waals surface area contributed by atoms with Gasteiger partial charge in [0.25, 0.3) is 6.43 Å². The van der Waals surface area contributed by atoms with E-state index in [0.717, 1.165) is 0 Å². The van der Waals surface area contributed by atoms with Crippen molar-refractivity contribution in [1.82, 2.24) is 4.98 Å². The summed E-state index contributed by atoms with van der Waals surface area (Å²) in [6.45, 7) is 1.66. The zero-order chi connectivity index (χ0) is 11.6. The molecule has 1 N–H and O–H groups in total. The lowest BCUT2D eigenvalue weighted by Crippen LogP contribution is -2.08. The fraction of sp³-hybridized carbons (Fsp3) is 0.333. The summed E-state index contributed by atoms with van der Waals surface area (Å²) in [7, 11) is 0. The summed E-state index contributed by atoms with van der Waals surface area (Å²) >= 11 is 1.89. The van der Waals surface area contributed by atoms with E-state index >= 15 is 0 Å². The molecular formula is C9H8F2INO2. The normalized spacial score (nSPS) is 10.7. The van der Waals surface area contributed by atoms with E-state index in [1.807, 2.05) is 22.6 Å². The van der Waals surface area contributed by atoms with Gasteiger partial charge in [-0.3, -0.25) is 4.79 Å². The van der Waals surface area contributed by atoms with Crippen molar-refractivity contribution in [3.05, 3.63) is 26.6 Å². The molecule has 0 aliphatic rings. The van der Waals surface area contributed by atoms with Gasteiger partial charge in [0.2, 0.25) is 0 Å². The van der Waals surface area contributed by atoms with Gasteiger partial charge in [0.05, 0.1) is 12.1 Å². The van der Waals surface area contributed by atoms with E-state index < -0.39 is 18.8 Å². The van der Waals surface area contributed by atoms with E-state index in [4.69, 9.17) is 5.11 Å². The molecule has 1 rings (SSSR count). The van der Waals surface area contributed by atoms with Crippen molar-refractivity contribution in [3.63, 3.8) is 0 Å². The molecule has 0 atom stereocenters. The minimum atomic E-state index is -2.69. The minimum Gasteiger partial charge on any atom is -0.481 e. The highest BCUT2D eigenvalue weighted by Gasteiger charge is 2.18. The quantitative estimate of drug-likeness (QED) is 0.686. The number of carboxylic acid groups (broad SMARTS) is 1. The summed E-state index contributed by atoms with van der Waals surface area (Å²) in [5.41, 5.74) is 0.267. The number of rotatable bonds is 3. The van der Waals surface area contributed by atoms with Gasteiger partial charge in [-0.05, 0) is 41.1 Å². The van der Waals surface area contributed by atoms with E-state index in [-0.39, 0.29) is 11.3 Å². The van der Waals surface area contributed by atoms with Crippen molar-refractivity contribution in [3.8, 4) is 0 Å². The van der Waals surface area contributed by atoms with Gasteiger partial charge in [-0.25, -0.2) is 13.8 Å². The Bertz CT molecular complexity index is 396. The molecular weight excluding hydrogens is 319 g/mol. The predicted molar refractivity (Wildman–Crippen MR) is 58.0 cm³/mol. The van der Waals surface area contributed by atoms with Crippen LogP contribution in [-0.4, -0.2) is 16.1 Å². The molecule has 0 saturated heterocycles. The van der Waals surface area contributed by atoms with E-state index in [1.165, 1.54) is 6.07 Å². The molecule has 1 aromatic rings. The second-order valence-electron chi connectivity index (χ2n) is 3.00. The summed E-state index contributed by atoms with van der Waals surface area (Å²) < 4.78 is 25.7. The Morgan fingerprint density at radius 2 is 2.27 bits per heavy atom. The summed E-state index contributed by atoms with van der Waals surface area (Å²) in [6, 6.07) is 1.29. The number of halogens is 3. The maximum Gasteiger partial charge on any atom is 0.309 e. The van der Waals surface area contributed by atoms with Crippen molar-refractivity contribution in [2.24, 2.45) is 0 Å². The molecule has 6 heteroatoms. The zero-order valence-electron chi connectivity index (χ0n) is 7.80. The van der Waals surface area contributed by atoms with Crippen LogP contribution >= 0.6 is 22.6 Å². The first-order valence-corrected chi connectivity index (χ1v) is 5.15. The van der Waals surface area contributed by atoms with Crippen LogP contribution in [0, 0.1) is 10.6 Å². The number of nitrogens with zero attached hydrogens (tertiary/aromatic N) is 1. The van der Waals surface area contributed by atoms with Gasteiger partial charge in [0, 0.05) is 5.56 Å². The van der Waals surface area contributed by atoms with Crippen LogP contribution in [0.1, 0.15) is 23.2 Å².